The molecule has 116 valence electrons. The second-order valence-corrected chi connectivity index (χ2v) is 4.38. The number of esters is 1. The molecule has 0 radical (unpaired) electrons. The molecule has 0 saturated carbocycles. The molecule has 1 N–H and O–H groups in total. The van der Waals surface area contributed by atoms with Gasteiger partial charge in [0.15, 0.2) is 0 Å². The van der Waals surface area contributed by atoms with Gasteiger partial charge in [0, 0.05) is 30.1 Å². The molecule has 22 heavy (non-hydrogen) atoms. The lowest BCUT2D eigenvalue weighted by Crippen LogP contribution is -2.05. The molecule has 0 amide bonds. The number of hydrogen-bond donors (Lipinski definition) is 1. The number of aromatic nitrogens is 1. The number of nitrogens with zero attached hydrogens (tertiary/aromatic N) is 1. The van der Waals surface area contributed by atoms with Crippen molar-refractivity contribution in [3.8, 4) is 11.5 Å². The van der Waals surface area contributed by atoms with E-state index in [0.717, 1.165) is 5.69 Å². The highest BCUT2D eigenvalue weighted by Crippen LogP contribution is 2.27. The molecule has 0 bridgehead atoms. The Bertz CT molecular complexity index is 619. The maximum Gasteiger partial charge on any atom is 0.339 e. The standard InChI is InChI=1S/C16H18N2O4/c1-4-22-16(19)11-5-6-15(17-10-11)18-12-7-13(20-2)9-14(8-12)21-3/h5-10H,4H2,1-3H3,(H,17,18). The minimum absolute atomic E-state index is 0.336. The number of carbonyl (C=O) groups is 1. The zero-order valence-corrected chi connectivity index (χ0v) is 12.8. The fraction of sp³-hybridized carbons (Fsp3) is 0.250. The summed E-state index contributed by atoms with van der Waals surface area (Å²) in [5.74, 6) is 1.56. The van der Waals surface area contributed by atoms with Gasteiger partial charge in [0.25, 0.3) is 0 Å². The quantitative estimate of drug-likeness (QED) is 0.827. The SMILES string of the molecule is CCOC(=O)c1ccc(Nc2cc(OC)cc(OC)c2)nc1. The van der Waals surface area contributed by atoms with Crippen LogP contribution in [0.25, 0.3) is 0 Å². The Balaban J connectivity index is 2.15. The van der Waals surface area contributed by atoms with E-state index in [1.165, 1.54) is 6.20 Å². The molecular formula is C16H18N2O4. The van der Waals surface area contributed by atoms with Gasteiger partial charge in [0.05, 0.1) is 26.4 Å². The van der Waals surface area contributed by atoms with Gasteiger partial charge in [-0.05, 0) is 19.1 Å². The highest BCUT2D eigenvalue weighted by Gasteiger charge is 2.07. The largest absolute Gasteiger partial charge is 0.497 e. The van der Waals surface area contributed by atoms with Crippen molar-refractivity contribution in [1.29, 1.82) is 0 Å². The van der Waals surface area contributed by atoms with Crippen LogP contribution in [0.1, 0.15) is 17.3 Å². The lowest BCUT2D eigenvalue weighted by atomic mass is 10.2. The lowest BCUT2D eigenvalue weighted by Gasteiger charge is -2.10. The van der Waals surface area contributed by atoms with Gasteiger partial charge in [0.1, 0.15) is 17.3 Å². The van der Waals surface area contributed by atoms with Crippen molar-refractivity contribution in [1.82, 2.24) is 4.98 Å². The van der Waals surface area contributed by atoms with E-state index in [4.69, 9.17) is 14.2 Å². The number of nitrogens with one attached hydrogen (secondary N) is 1. The summed E-state index contributed by atoms with van der Waals surface area (Å²) in [6.07, 6.45) is 1.47. The first kappa shape index (κ1) is 15.6. The number of carbonyl (C=O) groups excluding carboxylic acids is 1. The fourth-order valence-electron chi connectivity index (χ4n) is 1.83. The van der Waals surface area contributed by atoms with Crippen LogP contribution in [0.5, 0.6) is 11.5 Å². The molecule has 6 heteroatoms. The summed E-state index contributed by atoms with van der Waals surface area (Å²) >= 11 is 0. The number of hydrogen-bond acceptors (Lipinski definition) is 6. The number of anilines is 2. The van der Waals surface area contributed by atoms with E-state index in [-0.39, 0.29) is 5.97 Å². The minimum Gasteiger partial charge on any atom is -0.497 e. The minimum atomic E-state index is -0.385. The molecule has 0 aliphatic carbocycles. The predicted octanol–water partition coefficient (Wildman–Crippen LogP) is 3.02. The summed E-state index contributed by atoms with van der Waals surface area (Å²) in [6, 6.07) is 8.79. The van der Waals surface area contributed by atoms with Crippen LogP contribution in [0.3, 0.4) is 0 Å². The Kier molecular flexibility index (Phi) is 5.19. The molecule has 1 aromatic heterocycles. The maximum absolute atomic E-state index is 11.6. The number of rotatable bonds is 6. The Morgan fingerprint density at radius 3 is 2.32 bits per heavy atom. The molecule has 0 aliphatic heterocycles. The number of benzene rings is 1. The molecule has 1 aromatic carbocycles. The van der Waals surface area contributed by atoms with E-state index in [9.17, 15) is 4.79 Å². The van der Waals surface area contributed by atoms with Crippen LogP contribution in [-0.2, 0) is 4.74 Å². The first-order chi connectivity index (χ1) is 10.7. The third-order valence-electron chi connectivity index (χ3n) is 2.90. The van der Waals surface area contributed by atoms with Gasteiger partial charge in [-0.3, -0.25) is 0 Å². The smallest absolute Gasteiger partial charge is 0.339 e. The zero-order valence-electron chi connectivity index (χ0n) is 12.8. The molecule has 0 unspecified atom stereocenters. The molecule has 0 fully saturated rings. The monoisotopic (exact) mass is 302 g/mol. The van der Waals surface area contributed by atoms with Crippen LogP contribution in [0, 0.1) is 0 Å². The van der Waals surface area contributed by atoms with Crippen molar-refractivity contribution in [2.45, 2.75) is 6.92 Å². The summed E-state index contributed by atoms with van der Waals surface area (Å²) in [5, 5.41) is 3.13. The van der Waals surface area contributed by atoms with E-state index in [2.05, 4.69) is 10.3 Å². The van der Waals surface area contributed by atoms with Crippen molar-refractivity contribution < 1.29 is 19.0 Å². The van der Waals surface area contributed by atoms with Crippen LogP contribution in [0.4, 0.5) is 11.5 Å². The van der Waals surface area contributed by atoms with Gasteiger partial charge in [-0.1, -0.05) is 0 Å². The average molecular weight is 302 g/mol. The summed E-state index contributed by atoms with van der Waals surface area (Å²) in [4.78, 5) is 15.8. The molecule has 6 nitrogen and oxygen atoms in total. The highest BCUT2D eigenvalue weighted by molar-refractivity contribution is 5.89. The van der Waals surface area contributed by atoms with Gasteiger partial charge < -0.3 is 19.5 Å². The van der Waals surface area contributed by atoms with Gasteiger partial charge in [-0.2, -0.15) is 0 Å². The molecule has 0 atom stereocenters. The van der Waals surface area contributed by atoms with Crippen LogP contribution in [0.15, 0.2) is 36.5 Å². The van der Waals surface area contributed by atoms with Crippen LogP contribution >= 0.6 is 0 Å². The molecular weight excluding hydrogens is 284 g/mol. The van der Waals surface area contributed by atoms with Gasteiger partial charge in [0.2, 0.25) is 0 Å². The Labute approximate surface area is 129 Å². The van der Waals surface area contributed by atoms with Crippen molar-refractivity contribution in [2.75, 3.05) is 26.1 Å². The fourth-order valence-corrected chi connectivity index (χ4v) is 1.83. The number of ether oxygens (including phenoxy) is 3. The topological polar surface area (TPSA) is 69.7 Å². The normalized spacial score (nSPS) is 9.95. The number of pyridine rings is 1. The third-order valence-corrected chi connectivity index (χ3v) is 2.90. The van der Waals surface area contributed by atoms with E-state index < -0.39 is 0 Å². The number of methoxy groups -OCH3 is 2. The summed E-state index contributed by atoms with van der Waals surface area (Å²) in [5.41, 5.74) is 1.18. The lowest BCUT2D eigenvalue weighted by molar-refractivity contribution is 0.0526. The first-order valence-corrected chi connectivity index (χ1v) is 6.79. The van der Waals surface area contributed by atoms with Crippen molar-refractivity contribution >= 4 is 17.5 Å². The van der Waals surface area contributed by atoms with Crippen LogP contribution in [-0.4, -0.2) is 31.8 Å². The predicted molar refractivity (Wildman–Crippen MR) is 83.0 cm³/mol. The second kappa shape index (κ2) is 7.31. The summed E-state index contributed by atoms with van der Waals surface area (Å²) in [6.45, 7) is 2.10. The molecule has 0 aliphatic rings. The van der Waals surface area contributed by atoms with Gasteiger partial charge in [-0.15, -0.1) is 0 Å². The molecule has 0 spiro atoms. The van der Waals surface area contributed by atoms with E-state index in [1.54, 1.807) is 39.3 Å². The highest BCUT2D eigenvalue weighted by atomic mass is 16.5. The first-order valence-electron chi connectivity index (χ1n) is 6.79. The van der Waals surface area contributed by atoms with E-state index in [1.807, 2.05) is 12.1 Å². The van der Waals surface area contributed by atoms with Gasteiger partial charge in [-0.25, -0.2) is 9.78 Å². The third kappa shape index (κ3) is 3.88. The molecule has 0 saturated heterocycles. The van der Waals surface area contributed by atoms with E-state index in [0.29, 0.717) is 29.5 Å². The Morgan fingerprint density at radius 1 is 1.14 bits per heavy atom. The zero-order chi connectivity index (χ0) is 15.9. The van der Waals surface area contributed by atoms with Crippen LogP contribution in [0.2, 0.25) is 0 Å². The summed E-state index contributed by atoms with van der Waals surface area (Å²) < 4.78 is 15.3. The summed E-state index contributed by atoms with van der Waals surface area (Å²) in [7, 11) is 3.18. The molecule has 1 heterocycles. The maximum atomic E-state index is 11.6. The van der Waals surface area contributed by atoms with Gasteiger partial charge >= 0.3 is 5.97 Å². The Hall–Kier alpha value is -2.76. The van der Waals surface area contributed by atoms with Crippen molar-refractivity contribution in [3.63, 3.8) is 0 Å². The van der Waals surface area contributed by atoms with Crippen LogP contribution < -0.4 is 14.8 Å². The molecule has 2 aromatic rings. The van der Waals surface area contributed by atoms with Crippen molar-refractivity contribution in [3.05, 3.63) is 42.1 Å². The average Bonchev–Trinajstić information content (AvgIpc) is 2.55. The Morgan fingerprint density at radius 2 is 1.82 bits per heavy atom. The van der Waals surface area contributed by atoms with Crippen molar-refractivity contribution in [2.24, 2.45) is 0 Å². The van der Waals surface area contributed by atoms with E-state index >= 15 is 0 Å². The second-order valence-electron chi connectivity index (χ2n) is 4.38. The molecule has 2 rings (SSSR count).